The molecule has 14 aromatic rings. The molecule has 6 heterocycles. The predicted octanol–water partition coefficient (Wildman–Crippen LogP) is 32.3. The van der Waals surface area contributed by atoms with Gasteiger partial charge in [-0.3, -0.25) is 15.0 Å². The smallest absolute Gasteiger partial charge is 0.490 e. The molecular formula is C89H84B2Br4Cl16N6O12S6Sn2. The topological polar surface area (TPSA) is 232 Å². The normalized spacial score (nSPS) is 10.5. The number of rotatable bonds is 19. The van der Waals surface area contributed by atoms with Gasteiger partial charge in [-0.1, -0.05) is 199 Å². The Balaban J connectivity index is 0.000000271. The van der Waals surface area contributed by atoms with E-state index >= 15 is 0 Å². The Morgan fingerprint density at radius 2 is 0.562 bits per heavy atom. The Bertz CT molecular complexity index is 5980. The van der Waals surface area contributed by atoms with Crippen molar-refractivity contribution < 1.29 is 58.0 Å². The van der Waals surface area contributed by atoms with Crippen LogP contribution in [0.1, 0.15) is 0 Å². The number of thioether (sulfide) groups is 3. The molecule has 0 aliphatic rings. The fourth-order valence-corrected chi connectivity index (χ4v) is 31.4. The summed E-state index contributed by atoms with van der Waals surface area (Å²) in [7, 11) is 9.04. The number of nitrogens with zero attached hydrogens (tertiary/aromatic N) is 6. The summed E-state index contributed by atoms with van der Waals surface area (Å²) in [6, 6.07) is 41.7. The zero-order chi connectivity index (χ0) is 103. The van der Waals surface area contributed by atoms with Crippen LogP contribution in [-0.2, 0) is 0 Å². The number of benzene rings is 8. The summed E-state index contributed by atoms with van der Waals surface area (Å²) in [6.45, 7) is 0. The van der Waals surface area contributed by atoms with Crippen molar-refractivity contribution in [1.29, 1.82) is 0 Å². The van der Waals surface area contributed by atoms with Crippen molar-refractivity contribution >= 4 is 388 Å². The van der Waals surface area contributed by atoms with Crippen LogP contribution in [0.3, 0.4) is 0 Å². The van der Waals surface area contributed by atoms with Crippen molar-refractivity contribution in [1.82, 2.24) is 29.9 Å². The summed E-state index contributed by atoms with van der Waals surface area (Å²) in [4.78, 5) is 43.1. The number of pyridine rings is 3. The van der Waals surface area contributed by atoms with Crippen LogP contribution in [0.2, 0.25) is 110 Å². The Kier molecular flexibility index (Phi) is 57.3. The molecule has 4 N–H and O–H groups in total. The van der Waals surface area contributed by atoms with E-state index in [2.05, 4.69) is 123 Å². The molecule has 0 atom stereocenters. The standard InChI is InChI=1S/C16H12Cl2N2OS2.2C9H7BrN2S2.2C7H7BCl2O3.2C7H5BrCl2O.C7H6Cl2O.2C7H5Cl2O.6CH3.2Sn/c1-21-12-6-4-10(14(17)15(12)18)9-3-5-11(19-7-9)13-8-20-16(22-2)23-13;2*1-13-9-12-5-8(14-9)7-3-2-6(10)4-11-7;2*1-13-5-3-2-4(8(11)12)6(9)7(5)10;2*1-11-5-3-2-4(8)6(9)7(5)10;3*1-10-6-4-2-3-5(8)7(6)9;;;;;;;;/h3-8H,1-2H3;2*2-5H,1H3;2*2-3,11-12H,1H3;2*2-3H,1H3;2-4H,1H3;2*2,4H,1H3;6*1H3;;. The minimum atomic E-state index is -2.14. The van der Waals surface area contributed by atoms with Gasteiger partial charge < -0.3 is 48.5 Å². The molecule has 732 valence electrons. The maximum absolute atomic E-state index is 8.86. The number of aromatic nitrogens is 6. The van der Waals surface area contributed by atoms with Gasteiger partial charge in [-0.15, -0.1) is 34.0 Å². The molecule has 6 aromatic heterocycles. The van der Waals surface area contributed by atoms with Crippen molar-refractivity contribution in [3.05, 3.63) is 275 Å². The molecule has 8 aromatic carbocycles. The average Bonchev–Trinajstić information content (AvgIpc) is 0.898. The van der Waals surface area contributed by atoms with Gasteiger partial charge >= 0.3 is 214 Å². The molecule has 0 amide bonds. The first-order chi connectivity index (χ1) is 64.7. The summed E-state index contributed by atoms with van der Waals surface area (Å²) >= 11 is 114. The van der Waals surface area contributed by atoms with Gasteiger partial charge in [0.2, 0.25) is 0 Å². The fourth-order valence-electron chi connectivity index (χ4n) is 10.4. The van der Waals surface area contributed by atoms with Gasteiger partial charge in [0.25, 0.3) is 0 Å². The first-order valence-electron chi connectivity index (χ1n) is 38.6. The third-order valence-corrected chi connectivity index (χ3v) is 45.6. The van der Waals surface area contributed by atoms with Crippen molar-refractivity contribution in [2.75, 3.05) is 75.6 Å². The third kappa shape index (κ3) is 38.4. The van der Waals surface area contributed by atoms with E-state index in [0.29, 0.717) is 106 Å². The maximum Gasteiger partial charge on any atom is 0.490 e. The molecule has 14 rings (SSSR count). The van der Waals surface area contributed by atoms with Gasteiger partial charge in [-0.2, -0.15) is 0 Å². The summed E-state index contributed by atoms with van der Waals surface area (Å²) in [5.41, 5.74) is 4.89. The second-order valence-electron chi connectivity index (χ2n) is 28.3. The Labute approximate surface area is 944 Å². The van der Waals surface area contributed by atoms with Crippen molar-refractivity contribution in [3.63, 3.8) is 0 Å². The average molecular weight is 2770 g/mol. The molecule has 0 bridgehead atoms. The molecule has 0 unspecified atom stereocenters. The van der Waals surface area contributed by atoms with E-state index in [1.54, 1.807) is 179 Å². The molecule has 0 fully saturated rings. The van der Waals surface area contributed by atoms with Crippen LogP contribution in [0, 0.1) is 0 Å². The van der Waals surface area contributed by atoms with E-state index in [9.17, 15) is 0 Å². The van der Waals surface area contributed by atoms with E-state index in [0.717, 1.165) is 73.7 Å². The molecule has 0 aliphatic carbocycles. The molecular weight excluding hydrogens is 2680 g/mol. The minimum Gasteiger partial charge on any atom is -0.495 e. The molecule has 0 spiro atoms. The van der Waals surface area contributed by atoms with Crippen molar-refractivity contribution in [2.45, 2.75) is 42.7 Å². The summed E-state index contributed by atoms with van der Waals surface area (Å²) in [5.74, 6) is 4.42. The van der Waals surface area contributed by atoms with Gasteiger partial charge in [0.15, 0.2) is 0 Å². The zero-order valence-corrected chi connectivity index (χ0v) is 104. The van der Waals surface area contributed by atoms with Gasteiger partial charge in [0.05, 0.1) is 105 Å². The number of ether oxygens (including phenoxy) is 8. The predicted molar refractivity (Wildman–Crippen MR) is 611 cm³/mol. The van der Waals surface area contributed by atoms with Gasteiger partial charge in [0, 0.05) is 77.1 Å². The van der Waals surface area contributed by atoms with E-state index in [-0.39, 0.29) is 31.0 Å². The minimum absolute atomic E-state index is 0.0935. The molecule has 0 radical (unpaired) electrons. The van der Waals surface area contributed by atoms with Crippen LogP contribution in [0.15, 0.2) is 208 Å². The third-order valence-electron chi connectivity index (χ3n) is 17.4. The molecule has 48 heteroatoms. The number of hydrogen-bond acceptors (Lipinski definition) is 24. The molecule has 0 saturated heterocycles. The number of halogens is 20. The molecule has 0 aliphatic heterocycles. The van der Waals surface area contributed by atoms with E-state index in [4.69, 9.17) is 244 Å². The van der Waals surface area contributed by atoms with Gasteiger partial charge in [-0.05, 0) is 173 Å². The Morgan fingerprint density at radius 1 is 0.285 bits per heavy atom. The quantitative estimate of drug-likeness (QED) is 0.0335. The van der Waals surface area contributed by atoms with E-state index < -0.39 is 51.0 Å². The molecule has 18 nitrogen and oxygen atoms in total. The second-order valence-corrected chi connectivity index (χ2v) is 72.9. The second kappa shape index (κ2) is 62.7. The maximum atomic E-state index is 8.86. The Hall–Kier alpha value is -2.32. The first kappa shape index (κ1) is 125. The monoisotopic (exact) mass is 2760 g/mol. The largest absolute Gasteiger partial charge is 0.495 e. The van der Waals surface area contributed by atoms with Crippen LogP contribution in [-0.4, -0.2) is 177 Å². The Morgan fingerprint density at radius 3 is 0.832 bits per heavy atom. The SMILES string of the molecule is COc1cc[c]([Sn]([CH3])([CH3])[CH3])c(Cl)c1Cl.COc1cc[c]([Sn]([CH3])([CH3])[CH3])c(Cl)c1Cl.COc1ccc(-c2ccc(-c3cnc(SC)s3)nc2)c(Cl)c1Cl.COc1ccc(B(O)O)c(Cl)c1Cl.COc1ccc(B(O)O)c(Cl)c1Cl.COc1ccc(Br)c(Cl)c1Cl.COc1ccc(Br)c(Cl)c1Cl.COc1cccc(Cl)c1Cl.CSc1ncc(-c2ccc(Br)cn2)s1.CSc1ncc(-c2ccc(Br)cn2)s1. The van der Waals surface area contributed by atoms with E-state index in [1.807, 2.05) is 104 Å². The van der Waals surface area contributed by atoms with Crippen molar-refractivity contribution in [3.8, 4) is 88.8 Å². The zero-order valence-electron chi connectivity index (χ0n) is 75.1. The number of thiazole rings is 3. The summed E-state index contributed by atoms with van der Waals surface area (Å²) in [6.07, 6.45) is 17.0. The molecule has 137 heavy (non-hydrogen) atoms. The van der Waals surface area contributed by atoms with Gasteiger partial charge in [0.1, 0.15) is 77.7 Å². The van der Waals surface area contributed by atoms with Crippen LogP contribution >= 0.6 is 319 Å². The molecule has 0 saturated carbocycles. The van der Waals surface area contributed by atoms with E-state index in [1.165, 1.54) is 45.6 Å². The van der Waals surface area contributed by atoms with Crippen LogP contribution in [0.5, 0.6) is 46.0 Å². The number of methoxy groups -OCH3 is 8. The van der Waals surface area contributed by atoms with Gasteiger partial charge in [-0.25, -0.2) is 15.0 Å². The number of hydrogen-bond donors (Lipinski definition) is 4. The van der Waals surface area contributed by atoms with Crippen LogP contribution < -0.4 is 56.0 Å². The first-order valence-corrected chi connectivity index (χ1v) is 73.9. The fraction of sp³-hybridized carbons (Fsp3) is 0.191. The van der Waals surface area contributed by atoms with Crippen molar-refractivity contribution in [2.24, 2.45) is 0 Å². The summed E-state index contributed by atoms with van der Waals surface area (Å²) in [5, 5.41) is 42.1. The summed E-state index contributed by atoms with van der Waals surface area (Å²) < 4.78 is 49.1. The van der Waals surface area contributed by atoms with Crippen LogP contribution in [0.25, 0.3) is 42.8 Å². The van der Waals surface area contributed by atoms with Crippen LogP contribution in [0.4, 0.5) is 0 Å².